The number of oxime groups is 1. The van der Waals surface area contributed by atoms with E-state index in [4.69, 9.17) is 5.73 Å². The van der Waals surface area contributed by atoms with Crippen LogP contribution in [0.1, 0.15) is 18.7 Å². The van der Waals surface area contributed by atoms with Gasteiger partial charge in [-0.3, -0.25) is 20.4 Å². The standard InChI is InChI=1S/C22H32FN11O4S2/c23-11-38-31-15(17-30-21(24)40-32-17)18(35)29-14-9-33-16(20(36)37)13(10-39-19(14)33)8-28-34-6-5-26-22(34)27-7-12-1-3-25-4-2-12/h8,12,14,19,22,25-27H,1-7,9-11H2,(H,29,35)(H,36,37)(H2,24,30,32)/b28-8+,31-15+. The first-order chi connectivity index (χ1) is 19.4. The predicted molar refractivity (Wildman–Crippen MR) is 148 cm³/mol. The lowest BCUT2D eigenvalue weighted by molar-refractivity contribution is -0.135. The van der Waals surface area contributed by atoms with E-state index in [0.29, 0.717) is 23.8 Å². The van der Waals surface area contributed by atoms with Gasteiger partial charge in [-0.2, -0.15) is 14.5 Å². The summed E-state index contributed by atoms with van der Waals surface area (Å²) >= 11 is 2.36. The Labute approximate surface area is 238 Å². The Kier molecular flexibility index (Phi) is 9.30. The molecule has 1 amide bonds. The summed E-state index contributed by atoms with van der Waals surface area (Å²) < 4.78 is 16.5. The van der Waals surface area contributed by atoms with E-state index < -0.39 is 18.7 Å². The van der Waals surface area contributed by atoms with Gasteiger partial charge in [0.25, 0.3) is 12.8 Å². The summed E-state index contributed by atoms with van der Waals surface area (Å²) in [4.78, 5) is 35.2. The number of piperidine rings is 1. The van der Waals surface area contributed by atoms with Gasteiger partial charge < -0.3 is 31.2 Å². The molecule has 0 aliphatic carbocycles. The van der Waals surface area contributed by atoms with Crippen molar-refractivity contribution in [2.45, 2.75) is 30.5 Å². The van der Waals surface area contributed by atoms with Crippen LogP contribution >= 0.6 is 23.3 Å². The molecule has 0 saturated carbocycles. The van der Waals surface area contributed by atoms with Crippen molar-refractivity contribution in [1.82, 2.24) is 40.5 Å². The average Bonchev–Trinajstić information content (AvgIpc) is 3.58. The highest BCUT2D eigenvalue weighted by Gasteiger charge is 2.47. The molecule has 5 rings (SSSR count). The van der Waals surface area contributed by atoms with Gasteiger partial charge in [0.05, 0.1) is 24.2 Å². The fourth-order valence-corrected chi connectivity index (χ4v) is 6.77. The molecule has 3 fully saturated rings. The number of carboxylic acids is 1. The zero-order chi connectivity index (χ0) is 28.1. The smallest absolute Gasteiger partial charge is 0.352 e. The number of hydrogen-bond donors (Lipinski definition) is 6. The summed E-state index contributed by atoms with van der Waals surface area (Å²) in [7, 11) is 0. The predicted octanol–water partition coefficient (Wildman–Crippen LogP) is -1.26. The number of fused-ring (bicyclic) bond motifs is 1. The van der Waals surface area contributed by atoms with Gasteiger partial charge >= 0.3 is 5.97 Å². The Hall–Kier alpha value is -3.06. The van der Waals surface area contributed by atoms with Crippen LogP contribution in [0.2, 0.25) is 0 Å². The van der Waals surface area contributed by atoms with Crippen LogP contribution in [0.5, 0.6) is 0 Å². The molecule has 7 N–H and O–H groups in total. The number of carboxylic acid groups (broad SMARTS) is 1. The van der Waals surface area contributed by atoms with Gasteiger partial charge in [-0.05, 0) is 31.8 Å². The van der Waals surface area contributed by atoms with Crippen molar-refractivity contribution in [2.75, 3.05) is 57.6 Å². The maximum Gasteiger partial charge on any atom is 0.352 e. The number of nitrogens with zero attached hydrogens (tertiary/aromatic N) is 6. The first kappa shape index (κ1) is 28.5. The number of aromatic nitrogens is 2. The Morgan fingerprint density at radius 1 is 1.32 bits per heavy atom. The van der Waals surface area contributed by atoms with E-state index in [1.165, 1.54) is 11.8 Å². The molecule has 218 valence electrons. The van der Waals surface area contributed by atoms with Crippen LogP contribution in [0.25, 0.3) is 0 Å². The Balaban J connectivity index is 1.21. The molecule has 4 aliphatic heterocycles. The summed E-state index contributed by atoms with van der Waals surface area (Å²) in [5, 5.41) is 33.0. The van der Waals surface area contributed by atoms with Crippen LogP contribution in [0, 0.1) is 5.92 Å². The number of nitrogen functional groups attached to an aromatic ring is 1. The van der Waals surface area contributed by atoms with Gasteiger partial charge in [0.2, 0.25) is 11.5 Å². The van der Waals surface area contributed by atoms with E-state index in [9.17, 15) is 19.1 Å². The topological polar surface area (TPSA) is 195 Å². The molecule has 15 nitrogen and oxygen atoms in total. The molecule has 3 atom stereocenters. The molecule has 0 aromatic carbocycles. The van der Waals surface area contributed by atoms with Crippen molar-refractivity contribution in [2.24, 2.45) is 16.2 Å². The molecule has 1 aromatic heterocycles. The number of nitrogens with two attached hydrogens (primary N) is 1. The SMILES string of the molecule is Nc1nc(/C(=N\OCF)C(=O)NC2CN3C(C(=O)O)=C(/C=N/N4CCNC4NCC4CCNCC4)CSC23)ns1. The van der Waals surface area contributed by atoms with Gasteiger partial charge in [-0.1, -0.05) is 5.16 Å². The highest BCUT2D eigenvalue weighted by atomic mass is 32.2. The fourth-order valence-electron chi connectivity index (χ4n) is 5.01. The van der Waals surface area contributed by atoms with Gasteiger partial charge in [-0.15, -0.1) is 11.8 Å². The van der Waals surface area contributed by atoms with E-state index in [1.54, 1.807) is 11.1 Å². The number of hydrogen-bond acceptors (Lipinski definition) is 15. The molecule has 3 saturated heterocycles. The molecular weight excluding hydrogens is 565 g/mol. The minimum Gasteiger partial charge on any atom is -0.477 e. The Bertz CT molecular complexity index is 1180. The van der Waals surface area contributed by atoms with Gasteiger partial charge in [0.15, 0.2) is 11.4 Å². The van der Waals surface area contributed by atoms with Crippen LogP contribution in [-0.4, -0.2) is 118 Å². The molecule has 40 heavy (non-hydrogen) atoms. The van der Waals surface area contributed by atoms with Crippen LogP contribution in [-0.2, 0) is 14.4 Å². The highest BCUT2D eigenvalue weighted by molar-refractivity contribution is 8.00. The summed E-state index contributed by atoms with van der Waals surface area (Å²) in [5.74, 6) is -0.780. The second-order valence-electron chi connectivity index (χ2n) is 9.61. The lowest BCUT2D eigenvalue weighted by Gasteiger charge is -2.51. The molecule has 4 aliphatic rings. The van der Waals surface area contributed by atoms with E-state index in [-0.39, 0.29) is 46.6 Å². The van der Waals surface area contributed by atoms with Crippen LogP contribution < -0.4 is 27.0 Å². The van der Waals surface area contributed by atoms with Crippen molar-refractivity contribution in [3.63, 3.8) is 0 Å². The van der Waals surface area contributed by atoms with Crippen LogP contribution in [0.3, 0.4) is 0 Å². The molecule has 1 aromatic rings. The number of hydrazone groups is 1. The van der Waals surface area contributed by atoms with E-state index in [2.05, 4.69) is 45.7 Å². The number of halogens is 1. The normalized spacial score (nSPS) is 25.7. The van der Waals surface area contributed by atoms with E-state index in [1.807, 2.05) is 5.01 Å². The number of anilines is 1. The maximum absolute atomic E-state index is 12.9. The minimum absolute atomic E-state index is 0.0782. The number of carbonyl (C=O) groups excluding carboxylic acids is 1. The number of aliphatic carboxylic acids is 1. The third-order valence-corrected chi connectivity index (χ3v) is 8.98. The molecular formula is C22H32FN11O4S2. The fraction of sp³-hybridized carbons (Fsp3) is 0.636. The first-order valence-corrected chi connectivity index (χ1v) is 14.8. The van der Waals surface area contributed by atoms with Crippen molar-refractivity contribution >= 4 is 52.2 Å². The molecule has 0 bridgehead atoms. The van der Waals surface area contributed by atoms with Crippen molar-refractivity contribution < 1.29 is 23.9 Å². The monoisotopic (exact) mass is 597 g/mol. The minimum atomic E-state index is -1.23. The van der Waals surface area contributed by atoms with Crippen LogP contribution in [0.4, 0.5) is 9.52 Å². The Morgan fingerprint density at radius 2 is 2.15 bits per heavy atom. The number of carbonyl (C=O) groups is 2. The highest BCUT2D eigenvalue weighted by Crippen LogP contribution is 2.39. The second kappa shape index (κ2) is 13.1. The molecule has 0 spiro atoms. The number of alkyl halides is 1. The quantitative estimate of drug-likeness (QED) is 0.131. The maximum atomic E-state index is 12.9. The second-order valence-corrected chi connectivity index (χ2v) is 11.5. The van der Waals surface area contributed by atoms with Crippen molar-refractivity contribution in [3.05, 3.63) is 17.1 Å². The van der Waals surface area contributed by atoms with E-state index in [0.717, 1.165) is 50.6 Å². The zero-order valence-corrected chi connectivity index (χ0v) is 23.2. The summed E-state index contributed by atoms with van der Waals surface area (Å²) in [6, 6.07) is -0.386. The van der Waals surface area contributed by atoms with Gasteiger partial charge in [-0.25, -0.2) is 9.18 Å². The van der Waals surface area contributed by atoms with Crippen LogP contribution in [0.15, 0.2) is 21.5 Å². The van der Waals surface area contributed by atoms with Gasteiger partial charge in [0.1, 0.15) is 5.70 Å². The number of nitrogens with one attached hydrogen (secondary N) is 4. The molecule has 5 heterocycles. The third kappa shape index (κ3) is 6.46. The summed E-state index contributed by atoms with van der Waals surface area (Å²) in [6.45, 7) is 3.49. The largest absolute Gasteiger partial charge is 0.477 e. The number of rotatable bonds is 11. The van der Waals surface area contributed by atoms with Crippen molar-refractivity contribution in [1.29, 1.82) is 0 Å². The number of thioether (sulfide) groups is 1. The lowest BCUT2D eigenvalue weighted by Crippen LogP contribution is -2.67. The molecule has 3 unspecified atom stereocenters. The van der Waals surface area contributed by atoms with Gasteiger partial charge in [0, 0.05) is 42.5 Å². The first-order valence-electron chi connectivity index (χ1n) is 12.9. The molecule has 18 heteroatoms. The lowest BCUT2D eigenvalue weighted by atomic mass is 9.98. The van der Waals surface area contributed by atoms with E-state index >= 15 is 0 Å². The zero-order valence-electron chi connectivity index (χ0n) is 21.6. The summed E-state index contributed by atoms with van der Waals surface area (Å²) in [6.07, 6.45) is 3.81. The summed E-state index contributed by atoms with van der Waals surface area (Å²) in [5.41, 5.74) is 6.05. The molecule has 0 radical (unpaired) electrons. The third-order valence-electron chi connectivity index (χ3n) is 7.04. The Morgan fingerprint density at radius 3 is 2.88 bits per heavy atom. The van der Waals surface area contributed by atoms with Crippen molar-refractivity contribution in [3.8, 4) is 0 Å². The number of amides is 1. The average molecular weight is 598 g/mol.